The third kappa shape index (κ3) is 2.93. The highest BCUT2D eigenvalue weighted by Crippen LogP contribution is 2.30. The predicted octanol–water partition coefficient (Wildman–Crippen LogP) is 3.72. The SMILES string of the molecule is CCCOCc1nc2scc(-c3ccc(F)cc3)c2c(=O)[nH]1. The molecular formula is C16H15FN2O2S. The largest absolute Gasteiger partial charge is 0.374 e. The van der Waals surface area contributed by atoms with Gasteiger partial charge in [0, 0.05) is 17.6 Å². The van der Waals surface area contributed by atoms with E-state index in [1.165, 1.54) is 23.5 Å². The Morgan fingerprint density at radius 2 is 2.09 bits per heavy atom. The Balaban J connectivity index is 2.01. The van der Waals surface area contributed by atoms with Crippen molar-refractivity contribution in [3.8, 4) is 11.1 Å². The Kier molecular flexibility index (Phi) is 4.31. The Morgan fingerprint density at radius 1 is 1.32 bits per heavy atom. The molecule has 0 bridgehead atoms. The van der Waals surface area contributed by atoms with Crippen LogP contribution < -0.4 is 5.56 Å². The number of nitrogens with zero attached hydrogens (tertiary/aromatic N) is 1. The van der Waals surface area contributed by atoms with Gasteiger partial charge in [0.05, 0.1) is 5.39 Å². The van der Waals surface area contributed by atoms with Crippen LogP contribution in [0.1, 0.15) is 19.2 Å². The molecule has 0 saturated heterocycles. The minimum Gasteiger partial charge on any atom is -0.374 e. The molecule has 3 rings (SSSR count). The van der Waals surface area contributed by atoms with E-state index in [0.717, 1.165) is 17.5 Å². The molecule has 0 aliphatic rings. The highest BCUT2D eigenvalue weighted by atomic mass is 32.1. The molecule has 0 atom stereocenters. The van der Waals surface area contributed by atoms with Crippen LogP contribution in [0.3, 0.4) is 0 Å². The number of H-pyrrole nitrogens is 1. The maximum Gasteiger partial charge on any atom is 0.260 e. The first-order valence-corrected chi connectivity index (χ1v) is 7.91. The molecule has 2 aromatic heterocycles. The van der Waals surface area contributed by atoms with E-state index in [2.05, 4.69) is 9.97 Å². The molecule has 114 valence electrons. The van der Waals surface area contributed by atoms with E-state index in [1.54, 1.807) is 12.1 Å². The number of halogens is 1. The first kappa shape index (κ1) is 14.9. The maximum absolute atomic E-state index is 13.0. The van der Waals surface area contributed by atoms with Crippen molar-refractivity contribution >= 4 is 21.6 Å². The van der Waals surface area contributed by atoms with Gasteiger partial charge in [0.25, 0.3) is 5.56 Å². The van der Waals surface area contributed by atoms with Gasteiger partial charge in [-0.15, -0.1) is 11.3 Å². The summed E-state index contributed by atoms with van der Waals surface area (Å²) >= 11 is 1.40. The molecule has 6 heteroatoms. The van der Waals surface area contributed by atoms with Crippen molar-refractivity contribution in [1.29, 1.82) is 0 Å². The van der Waals surface area contributed by atoms with Gasteiger partial charge in [-0.25, -0.2) is 9.37 Å². The van der Waals surface area contributed by atoms with Gasteiger partial charge < -0.3 is 9.72 Å². The highest BCUT2D eigenvalue weighted by Gasteiger charge is 2.13. The summed E-state index contributed by atoms with van der Waals surface area (Å²) in [6.07, 6.45) is 0.917. The van der Waals surface area contributed by atoms with Crippen LogP contribution in [0.15, 0.2) is 34.4 Å². The molecule has 1 aromatic carbocycles. The Hall–Kier alpha value is -2.05. The zero-order chi connectivity index (χ0) is 15.5. The van der Waals surface area contributed by atoms with Crippen LogP contribution >= 0.6 is 11.3 Å². The fraction of sp³-hybridized carbons (Fsp3) is 0.250. The molecule has 2 heterocycles. The van der Waals surface area contributed by atoms with Crippen LogP contribution in [0.4, 0.5) is 4.39 Å². The average Bonchev–Trinajstić information content (AvgIpc) is 2.93. The lowest BCUT2D eigenvalue weighted by atomic mass is 10.1. The van der Waals surface area contributed by atoms with E-state index in [-0.39, 0.29) is 11.4 Å². The number of aromatic nitrogens is 2. The van der Waals surface area contributed by atoms with Gasteiger partial charge in [-0.3, -0.25) is 4.79 Å². The normalized spacial score (nSPS) is 11.2. The van der Waals surface area contributed by atoms with Gasteiger partial charge in [-0.05, 0) is 24.1 Å². The van der Waals surface area contributed by atoms with Crippen LogP contribution in [0, 0.1) is 5.82 Å². The third-order valence-corrected chi connectivity index (χ3v) is 4.11. The second-order valence-corrected chi connectivity index (χ2v) is 5.76. The number of rotatable bonds is 5. The number of nitrogens with one attached hydrogen (secondary N) is 1. The first-order valence-electron chi connectivity index (χ1n) is 7.03. The highest BCUT2D eigenvalue weighted by molar-refractivity contribution is 7.17. The lowest BCUT2D eigenvalue weighted by Gasteiger charge is -2.03. The lowest BCUT2D eigenvalue weighted by molar-refractivity contribution is 0.116. The number of fused-ring (bicyclic) bond motifs is 1. The molecule has 0 radical (unpaired) electrons. The topological polar surface area (TPSA) is 55.0 Å². The summed E-state index contributed by atoms with van der Waals surface area (Å²) in [7, 11) is 0. The lowest BCUT2D eigenvalue weighted by Crippen LogP contribution is -2.12. The zero-order valence-electron chi connectivity index (χ0n) is 12.1. The summed E-state index contributed by atoms with van der Waals surface area (Å²) in [4.78, 5) is 20.2. The predicted molar refractivity (Wildman–Crippen MR) is 85.6 cm³/mol. The minimum atomic E-state index is -0.300. The summed E-state index contributed by atoms with van der Waals surface area (Å²) < 4.78 is 18.4. The molecule has 0 aliphatic heterocycles. The molecule has 0 unspecified atom stereocenters. The number of hydrogen-bond donors (Lipinski definition) is 1. The number of ether oxygens (including phenoxy) is 1. The van der Waals surface area contributed by atoms with Gasteiger partial charge in [0.2, 0.25) is 0 Å². The zero-order valence-corrected chi connectivity index (χ0v) is 12.9. The number of aromatic amines is 1. The summed E-state index contributed by atoms with van der Waals surface area (Å²) in [5, 5.41) is 2.41. The molecule has 0 aliphatic carbocycles. The molecular weight excluding hydrogens is 303 g/mol. The van der Waals surface area contributed by atoms with Crippen LogP contribution in [0.25, 0.3) is 21.3 Å². The molecule has 0 amide bonds. The van der Waals surface area contributed by atoms with E-state index in [9.17, 15) is 9.18 Å². The summed E-state index contributed by atoms with van der Waals surface area (Å²) in [6, 6.07) is 6.09. The fourth-order valence-electron chi connectivity index (χ4n) is 2.22. The van der Waals surface area contributed by atoms with Gasteiger partial charge >= 0.3 is 0 Å². The second-order valence-electron chi connectivity index (χ2n) is 4.90. The van der Waals surface area contributed by atoms with Gasteiger partial charge in [0.15, 0.2) is 0 Å². The quantitative estimate of drug-likeness (QED) is 0.730. The van der Waals surface area contributed by atoms with Crippen molar-refractivity contribution in [2.24, 2.45) is 0 Å². The van der Waals surface area contributed by atoms with Gasteiger partial charge in [0.1, 0.15) is 23.1 Å². The average molecular weight is 318 g/mol. The van der Waals surface area contributed by atoms with E-state index in [0.29, 0.717) is 29.3 Å². The molecule has 4 nitrogen and oxygen atoms in total. The molecule has 0 saturated carbocycles. The molecule has 0 fully saturated rings. The smallest absolute Gasteiger partial charge is 0.260 e. The van der Waals surface area contributed by atoms with Crippen LogP contribution in [0.5, 0.6) is 0 Å². The molecule has 0 spiro atoms. The summed E-state index contributed by atoms with van der Waals surface area (Å²) in [5.41, 5.74) is 1.38. The van der Waals surface area contributed by atoms with Crippen molar-refractivity contribution in [3.05, 3.63) is 51.6 Å². The van der Waals surface area contributed by atoms with Crippen LogP contribution in [-0.4, -0.2) is 16.6 Å². The van der Waals surface area contributed by atoms with Gasteiger partial charge in [-0.2, -0.15) is 0 Å². The Bertz CT molecular complexity index is 839. The van der Waals surface area contributed by atoms with Crippen LogP contribution in [-0.2, 0) is 11.3 Å². The van der Waals surface area contributed by atoms with Gasteiger partial charge in [-0.1, -0.05) is 19.1 Å². The van der Waals surface area contributed by atoms with Crippen molar-refractivity contribution < 1.29 is 9.13 Å². The van der Waals surface area contributed by atoms with E-state index in [4.69, 9.17) is 4.74 Å². The standard InChI is InChI=1S/C16H15FN2O2S/c1-2-7-21-8-13-18-15(20)14-12(9-22-16(14)19-13)10-3-5-11(17)6-4-10/h3-6,9H,2,7-8H2,1H3,(H,18,19,20). The Morgan fingerprint density at radius 3 is 2.82 bits per heavy atom. The maximum atomic E-state index is 13.0. The summed E-state index contributed by atoms with van der Waals surface area (Å²) in [5.74, 6) is 0.226. The molecule has 22 heavy (non-hydrogen) atoms. The minimum absolute atomic E-state index is 0.194. The first-order chi connectivity index (χ1) is 10.7. The molecule has 3 aromatic rings. The third-order valence-electron chi connectivity index (χ3n) is 3.24. The van der Waals surface area contributed by atoms with Crippen molar-refractivity contribution in [2.75, 3.05) is 6.61 Å². The van der Waals surface area contributed by atoms with E-state index >= 15 is 0 Å². The van der Waals surface area contributed by atoms with Crippen molar-refractivity contribution in [2.45, 2.75) is 20.0 Å². The Labute approximate surface area is 130 Å². The number of benzene rings is 1. The number of thiophene rings is 1. The second kappa shape index (κ2) is 6.37. The molecule has 1 N–H and O–H groups in total. The van der Waals surface area contributed by atoms with Crippen molar-refractivity contribution in [3.63, 3.8) is 0 Å². The van der Waals surface area contributed by atoms with E-state index in [1.807, 2.05) is 12.3 Å². The van der Waals surface area contributed by atoms with Crippen LogP contribution in [0.2, 0.25) is 0 Å². The summed E-state index contributed by atoms with van der Waals surface area (Å²) in [6.45, 7) is 2.95. The fourth-order valence-corrected chi connectivity index (χ4v) is 3.18. The number of hydrogen-bond acceptors (Lipinski definition) is 4. The van der Waals surface area contributed by atoms with E-state index < -0.39 is 0 Å². The monoisotopic (exact) mass is 318 g/mol. The van der Waals surface area contributed by atoms with Crippen molar-refractivity contribution in [1.82, 2.24) is 9.97 Å².